The smallest absolute Gasteiger partial charge is 0.219 e. The molecule has 1 aromatic rings. The van der Waals surface area contributed by atoms with E-state index in [9.17, 15) is 0 Å². The Morgan fingerprint density at radius 1 is 1.57 bits per heavy atom. The van der Waals surface area contributed by atoms with Gasteiger partial charge < -0.3 is 0 Å². The summed E-state index contributed by atoms with van der Waals surface area (Å²) in [7, 11) is 0. The molecule has 0 saturated heterocycles. The van der Waals surface area contributed by atoms with Gasteiger partial charge in [0, 0.05) is 6.04 Å². The van der Waals surface area contributed by atoms with E-state index in [0.717, 1.165) is 24.1 Å². The predicted octanol–water partition coefficient (Wildman–Crippen LogP) is 0.808. The monoisotopic (exact) mass is 213 g/mol. The lowest BCUT2D eigenvalue weighted by Crippen LogP contribution is -2.24. The first-order valence-electron chi connectivity index (χ1n) is 4.86. The molecule has 1 fully saturated rings. The largest absolute Gasteiger partial charge is 0.298 e. The van der Waals surface area contributed by atoms with Crippen LogP contribution in [0.1, 0.15) is 24.8 Å². The van der Waals surface area contributed by atoms with Crippen molar-refractivity contribution in [3.05, 3.63) is 5.01 Å². The van der Waals surface area contributed by atoms with Gasteiger partial charge in [-0.2, -0.15) is 0 Å². The highest BCUT2D eigenvalue weighted by atomic mass is 32.1. The number of hydrogen-bond donors (Lipinski definition) is 2. The number of nitrogen functional groups attached to an aromatic ring is 1. The molecule has 0 amide bonds. The van der Waals surface area contributed by atoms with E-state index < -0.39 is 0 Å². The second-order valence-corrected chi connectivity index (χ2v) is 4.50. The Morgan fingerprint density at radius 2 is 2.36 bits per heavy atom. The van der Waals surface area contributed by atoms with E-state index in [0.29, 0.717) is 5.13 Å². The fraction of sp³-hybridized carbons (Fsp3) is 0.750. The molecule has 0 bridgehead atoms. The van der Waals surface area contributed by atoms with Crippen molar-refractivity contribution < 1.29 is 0 Å². The average molecular weight is 213 g/mol. The highest BCUT2D eigenvalue weighted by Gasteiger charge is 2.28. The van der Waals surface area contributed by atoms with Crippen molar-refractivity contribution in [2.45, 2.75) is 32.4 Å². The highest BCUT2D eigenvalue weighted by molar-refractivity contribution is 7.15. The summed E-state index contributed by atoms with van der Waals surface area (Å²) in [5, 5.41) is 9.70. The van der Waals surface area contributed by atoms with Crippen LogP contribution in [0.3, 0.4) is 0 Å². The normalized spacial score (nSPS) is 16.2. The van der Waals surface area contributed by atoms with E-state index in [1.54, 1.807) is 0 Å². The summed E-state index contributed by atoms with van der Waals surface area (Å²) in [5.41, 5.74) is 2.51. The number of nitrogens with two attached hydrogens (primary N) is 1. The van der Waals surface area contributed by atoms with Crippen molar-refractivity contribution in [3.8, 4) is 0 Å². The quantitative estimate of drug-likeness (QED) is 0.559. The van der Waals surface area contributed by atoms with Gasteiger partial charge in [0.2, 0.25) is 5.13 Å². The molecule has 2 rings (SSSR count). The second-order valence-electron chi connectivity index (χ2n) is 3.44. The third kappa shape index (κ3) is 2.20. The van der Waals surface area contributed by atoms with Gasteiger partial charge in [0.15, 0.2) is 0 Å². The number of aromatic nitrogens is 2. The fourth-order valence-electron chi connectivity index (χ4n) is 1.49. The lowest BCUT2D eigenvalue weighted by Gasteiger charge is -2.17. The molecular weight excluding hydrogens is 198 g/mol. The lowest BCUT2D eigenvalue weighted by atomic mass is 10.4. The van der Waals surface area contributed by atoms with Crippen LogP contribution in [-0.2, 0) is 6.54 Å². The Bertz CT molecular complexity index is 296. The number of nitrogens with one attached hydrogen (secondary N) is 1. The van der Waals surface area contributed by atoms with E-state index in [1.165, 1.54) is 24.2 Å². The van der Waals surface area contributed by atoms with E-state index in [2.05, 4.69) is 27.4 Å². The fourth-order valence-corrected chi connectivity index (χ4v) is 2.16. The molecule has 0 radical (unpaired) electrons. The van der Waals surface area contributed by atoms with Gasteiger partial charge in [0.05, 0.1) is 6.54 Å². The highest BCUT2D eigenvalue weighted by Crippen LogP contribution is 2.28. The topological polar surface area (TPSA) is 67.1 Å². The second kappa shape index (κ2) is 4.20. The van der Waals surface area contributed by atoms with Gasteiger partial charge in [-0.3, -0.25) is 10.3 Å². The Labute approximate surface area is 87.3 Å². The molecule has 5 nitrogen and oxygen atoms in total. The SMILES string of the molecule is CCN(Cc1nnc(NN)s1)C1CC1. The van der Waals surface area contributed by atoms with Crippen LogP contribution in [0.15, 0.2) is 0 Å². The summed E-state index contributed by atoms with van der Waals surface area (Å²) in [6.45, 7) is 4.16. The van der Waals surface area contributed by atoms with Crippen molar-refractivity contribution >= 4 is 16.5 Å². The van der Waals surface area contributed by atoms with Gasteiger partial charge in [0.25, 0.3) is 0 Å². The minimum Gasteiger partial charge on any atom is -0.298 e. The van der Waals surface area contributed by atoms with Crippen LogP contribution >= 0.6 is 11.3 Å². The Morgan fingerprint density at radius 3 is 2.86 bits per heavy atom. The number of anilines is 1. The molecule has 1 saturated carbocycles. The number of hydrazine groups is 1. The van der Waals surface area contributed by atoms with Crippen LogP contribution in [0.2, 0.25) is 0 Å². The number of rotatable bonds is 5. The maximum atomic E-state index is 5.24. The molecule has 3 N–H and O–H groups in total. The molecule has 1 aliphatic rings. The van der Waals surface area contributed by atoms with Crippen LogP contribution < -0.4 is 11.3 Å². The zero-order valence-corrected chi connectivity index (χ0v) is 9.05. The van der Waals surface area contributed by atoms with E-state index in [1.807, 2.05) is 0 Å². The predicted molar refractivity (Wildman–Crippen MR) is 56.8 cm³/mol. The summed E-state index contributed by atoms with van der Waals surface area (Å²) in [6, 6.07) is 0.776. The molecule has 1 heterocycles. The van der Waals surface area contributed by atoms with Crippen molar-refractivity contribution in [1.82, 2.24) is 15.1 Å². The van der Waals surface area contributed by atoms with Crippen LogP contribution in [0.25, 0.3) is 0 Å². The van der Waals surface area contributed by atoms with Gasteiger partial charge in [-0.15, -0.1) is 10.2 Å². The molecule has 0 atom stereocenters. The van der Waals surface area contributed by atoms with Crippen LogP contribution in [0, 0.1) is 0 Å². The van der Waals surface area contributed by atoms with Gasteiger partial charge in [-0.25, -0.2) is 5.84 Å². The third-order valence-electron chi connectivity index (χ3n) is 2.40. The first-order chi connectivity index (χ1) is 6.83. The summed E-state index contributed by atoms with van der Waals surface area (Å²) >= 11 is 1.52. The molecule has 0 unspecified atom stereocenters. The van der Waals surface area contributed by atoms with Gasteiger partial charge >= 0.3 is 0 Å². The molecular formula is C8H15N5S. The minimum atomic E-state index is 0.687. The van der Waals surface area contributed by atoms with E-state index in [-0.39, 0.29) is 0 Å². The van der Waals surface area contributed by atoms with Crippen LogP contribution in [0.5, 0.6) is 0 Å². The van der Waals surface area contributed by atoms with Gasteiger partial charge in [-0.05, 0) is 19.4 Å². The summed E-state index contributed by atoms with van der Waals surface area (Å²) in [5.74, 6) is 5.24. The lowest BCUT2D eigenvalue weighted by molar-refractivity contribution is 0.268. The molecule has 78 valence electrons. The summed E-state index contributed by atoms with van der Waals surface area (Å²) in [6.07, 6.45) is 2.66. The van der Waals surface area contributed by atoms with Crippen molar-refractivity contribution in [1.29, 1.82) is 0 Å². The van der Waals surface area contributed by atoms with Crippen molar-refractivity contribution in [2.75, 3.05) is 12.0 Å². The Kier molecular flexibility index (Phi) is 2.95. The van der Waals surface area contributed by atoms with Crippen molar-refractivity contribution in [3.63, 3.8) is 0 Å². The molecule has 6 heteroatoms. The molecule has 0 spiro atoms. The minimum absolute atomic E-state index is 0.687. The first-order valence-corrected chi connectivity index (χ1v) is 5.68. The van der Waals surface area contributed by atoms with E-state index >= 15 is 0 Å². The molecule has 14 heavy (non-hydrogen) atoms. The number of hydrogen-bond acceptors (Lipinski definition) is 6. The maximum absolute atomic E-state index is 5.24. The summed E-state index contributed by atoms with van der Waals surface area (Å²) in [4.78, 5) is 2.43. The Balaban J connectivity index is 1.94. The van der Waals surface area contributed by atoms with Crippen LogP contribution in [0.4, 0.5) is 5.13 Å². The zero-order valence-electron chi connectivity index (χ0n) is 8.23. The van der Waals surface area contributed by atoms with Gasteiger partial charge in [0.1, 0.15) is 5.01 Å². The zero-order chi connectivity index (χ0) is 9.97. The van der Waals surface area contributed by atoms with Crippen molar-refractivity contribution in [2.24, 2.45) is 5.84 Å². The molecule has 1 aromatic heterocycles. The molecule has 0 aliphatic heterocycles. The molecule has 1 aliphatic carbocycles. The maximum Gasteiger partial charge on any atom is 0.219 e. The molecule has 0 aromatic carbocycles. The Hall–Kier alpha value is -0.720. The summed E-state index contributed by atoms with van der Waals surface area (Å²) < 4.78 is 0. The van der Waals surface area contributed by atoms with Gasteiger partial charge in [-0.1, -0.05) is 18.3 Å². The standard InChI is InChI=1S/C8H15N5S/c1-2-13(6-3-4-6)5-7-11-12-8(10-9)14-7/h6H,2-5,9H2,1H3,(H,10,12). The first kappa shape index (κ1) is 9.82. The van der Waals surface area contributed by atoms with E-state index in [4.69, 9.17) is 5.84 Å². The third-order valence-corrected chi connectivity index (χ3v) is 3.24. The van der Waals surface area contributed by atoms with Crippen LogP contribution in [-0.4, -0.2) is 27.7 Å². The average Bonchev–Trinajstić information content (AvgIpc) is 2.95. The number of nitrogens with zero attached hydrogens (tertiary/aromatic N) is 3.